The maximum atomic E-state index is 12.8. The molecule has 1 atom stereocenters. The maximum absolute atomic E-state index is 12.8. The molecule has 0 bridgehead atoms. The lowest BCUT2D eigenvalue weighted by Crippen LogP contribution is -2.35. The van der Waals surface area contributed by atoms with Crippen LogP contribution in [-0.2, 0) is 14.8 Å². The molecule has 2 aromatic rings. The number of halogens is 1. The van der Waals surface area contributed by atoms with Crippen molar-refractivity contribution in [3.63, 3.8) is 0 Å². The molecule has 0 aromatic heterocycles. The molecule has 9 heteroatoms. The summed E-state index contributed by atoms with van der Waals surface area (Å²) in [6.45, 7) is 4.04. The number of hydrogen-bond donors (Lipinski definition) is 1. The minimum Gasteiger partial charge on any atom is -0.489 e. The molecule has 0 saturated carbocycles. The number of amides is 1. The molecule has 0 aliphatic carbocycles. The van der Waals surface area contributed by atoms with Gasteiger partial charge in [-0.2, -0.15) is 0 Å². The molecule has 0 radical (unpaired) electrons. The second-order valence-electron chi connectivity index (χ2n) is 6.46. The van der Waals surface area contributed by atoms with Crippen LogP contribution in [0.25, 0.3) is 0 Å². The van der Waals surface area contributed by atoms with Gasteiger partial charge in [-0.05, 0) is 30.3 Å². The Hall–Kier alpha value is -2.71. The van der Waals surface area contributed by atoms with Gasteiger partial charge in [0, 0.05) is 29.7 Å². The number of nitrogens with zero attached hydrogens (tertiary/aromatic N) is 1. The molecule has 1 aliphatic heterocycles. The van der Waals surface area contributed by atoms with Crippen LogP contribution in [0.5, 0.6) is 11.5 Å². The van der Waals surface area contributed by atoms with Gasteiger partial charge in [-0.1, -0.05) is 30.3 Å². The Morgan fingerprint density at radius 3 is 2.90 bits per heavy atom. The summed E-state index contributed by atoms with van der Waals surface area (Å²) in [7, 11) is -3.56. The van der Waals surface area contributed by atoms with Crippen LogP contribution in [0.2, 0.25) is 5.02 Å². The summed E-state index contributed by atoms with van der Waals surface area (Å²) in [5.74, 6) is 0.482. The first-order valence-corrected chi connectivity index (χ1v) is 11.1. The standard InChI is InChI=1S/C20H21ClN2O5S/c1-3-11-27-16-6-4-5-15(13-16)22-20(24)19-9-10-23(29(2,25)26)17-12-14(21)7-8-18(17)28-19/h3-8,12-13,19H,1,9-11H2,2H3,(H,22,24). The number of carbonyl (C=O) groups is 1. The molecule has 7 nitrogen and oxygen atoms in total. The molecule has 3 rings (SSSR count). The third kappa shape index (κ3) is 5.21. The number of fused-ring (bicyclic) bond motifs is 1. The predicted octanol–water partition coefficient (Wildman–Crippen LogP) is 3.46. The third-order valence-electron chi connectivity index (χ3n) is 4.22. The first-order chi connectivity index (χ1) is 13.8. The molecular formula is C20H21ClN2O5S. The van der Waals surface area contributed by atoms with Crippen molar-refractivity contribution in [1.29, 1.82) is 0 Å². The zero-order valence-corrected chi connectivity index (χ0v) is 17.4. The van der Waals surface area contributed by atoms with E-state index >= 15 is 0 Å². The number of carbonyl (C=O) groups excluding carboxylic acids is 1. The fraction of sp³-hybridized carbons (Fsp3) is 0.250. The van der Waals surface area contributed by atoms with Crippen molar-refractivity contribution in [2.24, 2.45) is 0 Å². The molecule has 1 aliphatic rings. The highest BCUT2D eigenvalue weighted by Crippen LogP contribution is 2.36. The van der Waals surface area contributed by atoms with Gasteiger partial charge in [0.05, 0.1) is 11.9 Å². The van der Waals surface area contributed by atoms with Crippen molar-refractivity contribution in [1.82, 2.24) is 0 Å². The number of nitrogens with one attached hydrogen (secondary N) is 1. The van der Waals surface area contributed by atoms with Gasteiger partial charge in [0.1, 0.15) is 18.1 Å². The van der Waals surface area contributed by atoms with E-state index in [0.717, 1.165) is 6.26 Å². The summed E-state index contributed by atoms with van der Waals surface area (Å²) in [5, 5.41) is 3.16. The highest BCUT2D eigenvalue weighted by atomic mass is 35.5. The topological polar surface area (TPSA) is 84.9 Å². The van der Waals surface area contributed by atoms with E-state index < -0.39 is 16.1 Å². The SMILES string of the molecule is C=CCOc1cccc(NC(=O)C2CCN(S(C)(=O)=O)c3cc(Cl)ccc3O2)c1. The van der Waals surface area contributed by atoms with E-state index in [2.05, 4.69) is 11.9 Å². The van der Waals surface area contributed by atoms with Crippen LogP contribution in [0.4, 0.5) is 11.4 Å². The van der Waals surface area contributed by atoms with E-state index in [9.17, 15) is 13.2 Å². The van der Waals surface area contributed by atoms with Crippen LogP contribution >= 0.6 is 11.6 Å². The molecule has 1 heterocycles. The first-order valence-electron chi connectivity index (χ1n) is 8.86. The summed E-state index contributed by atoms with van der Waals surface area (Å²) in [5.41, 5.74) is 0.857. The monoisotopic (exact) mass is 436 g/mol. The molecule has 29 heavy (non-hydrogen) atoms. The normalized spacial score (nSPS) is 16.2. The zero-order valence-electron chi connectivity index (χ0n) is 15.8. The lowest BCUT2D eigenvalue weighted by Gasteiger charge is -2.21. The van der Waals surface area contributed by atoms with Gasteiger partial charge in [0.25, 0.3) is 5.91 Å². The van der Waals surface area contributed by atoms with Gasteiger partial charge in [-0.3, -0.25) is 9.10 Å². The Labute approximate surface area is 174 Å². The molecule has 1 N–H and O–H groups in total. The smallest absolute Gasteiger partial charge is 0.265 e. The highest BCUT2D eigenvalue weighted by Gasteiger charge is 2.31. The van der Waals surface area contributed by atoms with Crippen LogP contribution < -0.4 is 19.1 Å². The Kier molecular flexibility index (Phi) is 6.34. The Bertz CT molecular complexity index is 1030. The summed E-state index contributed by atoms with van der Waals surface area (Å²) in [6.07, 6.45) is 2.03. The fourth-order valence-corrected chi connectivity index (χ4v) is 4.03. The number of hydrogen-bond acceptors (Lipinski definition) is 5. The molecule has 0 spiro atoms. The molecule has 0 fully saturated rings. The van der Waals surface area contributed by atoms with E-state index in [1.807, 2.05) is 0 Å². The van der Waals surface area contributed by atoms with Crippen molar-refractivity contribution in [3.05, 3.63) is 60.1 Å². The van der Waals surface area contributed by atoms with Crippen LogP contribution in [0.1, 0.15) is 6.42 Å². The zero-order chi connectivity index (χ0) is 21.0. The number of sulfonamides is 1. The number of benzene rings is 2. The van der Waals surface area contributed by atoms with Crippen LogP contribution in [0.15, 0.2) is 55.1 Å². The Morgan fingerprint density at radius 2 is 2.17 bits per heavy atom. The van der Waals surface area contributed by atoms with Gasteiger partial charge in [0.15, 0.2) is 6.10 Å². The van der Waals surface area contributed by atoms with Crippen LogP contribution in [0, 0.1) is 0 Å². The first kappa shape index (κ1) is 21.0. The van der Waals surface area contributed by atoms with Crippen molar-refractivity contribution < 1.29 is 22.7 Å². The van der Waals surface area contributed by atoms with Crippen LogP contribution in [-0.4, -0.2) is 39.8 Å². The quantitative estimate of drug-likeness (QED) is 0.701. The lowest BCUT2D eigenvalue weighted by molar-refractivity contribution is -0.122. The van der Waals surface area contributed by atoms with Gasteiger partial charge in [-0.25, -0.2) is 8.42 Å². The lowest BCUT2D eigenvalue weighted by atomic mass is 10.2. The van der Waals surface area contributed by atoms with Crippen molar-refractivity contribution in [2.75, 3.05) is 29.0 Å². The van der Waals surface area contributed by atoms with E-state index in [0.29, 0.717) is 28.8 Å². The predicted molar refractivity (Wildman–Crippen MR) is 113 cm³/mol. The van der Waals surface area contributed by atoms with E-state index in [4.69, 9.17) is 21.1 Å². The minimum atomic E-state index is -3.56. The number of ether oxygens (including phenoxy) is 2. The van der Waals surface area contributed by atoms with E-state index in [1.165, 1.54) is 10.4 Å². The Morgan fingerprint density at radius 1 is 1.38 bits per heavy atom. The van der Waals surface area contributed by atoms with Crippen molar-refractivity contribution in [3.8, 4) is 11.5 Å². The van der Waals surface area contributed by atoms with Gasteiger partial charge in [0.2, 0.25) is 10.0 Å². The maximum Gasteiger partial charge on any atom is 0.265 e. The van der Waals surface area contributed by atoms with Crippen molar-refractivity contribution >= 4 is 38.9 Å². The number of rotatable bonds is 6. The van der Waals surface area contributed by atoms with Crippen LogP contribution in [0.3, 0.4) is 0 Å². The molecule has 154 valence electrons. The molecule has 1 unspecified atom stereocenters. The summed E-state index contributed by atoms with van der Waals surface area (Å²) >= 11 is 6.03. The summed E-state index contributed by atoms with van der Waals surface area (Å²) in [6, 6.07) is 11.6. The molecule has 0 saturated heterocycles. The van der Waals surface area contributed by atoms with Gasteiger partial charge < -0.3 is 14.8 Å². The molecular weight excluding hydrogens is 416 g/mol. The number of anilines is 2. The fourth-order valence-electron chi connectivity index (χ4n) is 2.92. The second kappa shape index (κ2) is 8.75. The highest BCUT2D eigenvalue weighted by molar-refractivity contribution is 7.92. The third-order valence-corrected chi connectivity index (χ3v) is 5.63. The minimum absolute atomic E-state index is 0.0900. The van der Waals surface area contributed by atoms with E-state index in [-0.39, 0.29) is 24.6 Å². The Balaban J connectivity index is 1.81. The average molecular weight is 437 g/mol. The van der Waals surface area contributed by atoms with Gasteiger partial charge >= 0.3 is 0 Å². The summed E-state index contributed by atoms with van der Waals surface area (Å²) in [4.78, 5) is 12.8. The van der Waals surface area contributed by atoms with Crippen molar-refractivity contribution in [2.45, 2.75) is 12.5 Å². The second-order valence-corrected chi connectivity index (χ2v) is 8.80. The molecule has 1 amide bonds. The van der Waals surface area contributed by atoms with Gasteiger partial charge in [-0.15, -0.1) is 0 Å². The largest absolute Gasteiger partial charge is 0.489 e. The molecule has 2 aromatic carbocycles. The summed E-state index contributed by atoms with van der Waals surface area (Å²) < 4.78 is 36.9. The van der Waals surface area contributed by atoms with E-state index in [1.54, 1.807) is 42.5 Å². The average Bonchev–Trinajstić information content (AvgIpc) is 2.86.